The lowest BCUT2D eigenvalue weighted by molar-refractivity contribution is 0.0733. The molecule has 0 aliphatic carbocycles. The van der Waals surface area contributed by atoms with E-state index in [1.54, 1.807) is 12.4 Å². The van der Waals surface area contributed by atoms with Gasteiger partial charge in [-0.2, -0.15) is 5.10 Å². The molecule has 4 rings (SSSR count). The quantitative estimate of drug-likeness (QED) is 0.705. The molecule has 1 amide bonds. The Balaban J connectivity index is 1.71. The molecule has 1 aliphatic rings. The van der Waals surface area contributed by atoms with Crippen molar-refractivity contribution >= 4 is 5.91 Å². The van der Waals surface area contributed by atoms with E-state index >= 15 is 0 Å². The smallest absolute Gasteiger partial charge is 0.257 e. The Hall–Kier alpha value is -2.90. The van der Waals surface area contributed by atoms with Crippen LogP contribution in [0.1, 0.15) is 21.6 Å². The van der Waals surface area contributed by atoms with Gasteiger partial charge in [0, 0.05) is 38.3 Å². The Kier molecular flexibility index (Phi) is 3.03. The standard InChI is InChI=1S/C15H16N6O2/c1-19-9-16-17-14(19)13-11-7-21(5-3-12(11)20(2)18-13)15(22)10-4-6-23-8-10/h4,6,8-9H,3,5,7H2,1-2H3. The maximum Gasteiger partial charge on any atom is 0.257 e. The predicted molar refractivity (Wildman–Crippen MR) is 80.4 cm³/mol. The van der Waals surface area contributed by atoms with Crippen LogP contribution in [-0.4, -0.2) is 41.9 Å². The number of rotatable bonds is 2. The van der Waals surface area contributed by atoms with Gasteiger partial charge in [-0.25, -0.2) is 0 Å². The summed E-state index contributed by atoms with van der Waals surface area (Å²) >= 11 is 0. The van der Waals surface area contributed by atoms with Crippen LogP contribution in [0.15, 0.2) is 29.3 Å². The predicted octanol–water partition coefficient (Wildman–Crippen LogP) is 1.01. The Morgan fingerprint density at radius 1 is 1.35 bits per heavy atom. The molecular formula is C15H16N6O2. The molecule has 0 fully saturated rings. The summed E-state index contributed by atoms with van der Waals surface area (Å²) in [5, 5.41) is 12.7. The average Bonchev–Trinajstić information content (AvgIpc) is 3.27. The first-order valence-corrected chi connectivity index (χ1v) is 7.35. The van der Waals surface area contributed by atoms with Gasteiger partial charge in [-0.15, -0.1) is 10.2 Å². The summed E-state index contributed by atoms with van der Waals surface area (Å²) < 4.78 is 8.72. The number of aromatic nitrogens is 5. The highest BCUT2D eigenvalue weighted by molar-refractivity contribution is 5.94. The Morgan fingerprint density at radius 3 is 2.91 bits per heavy atom. The Bertz CT molecular complexity index is 861. The molecule has 0 bridgehead atoms. The zero-order valence-corrected chi connectivity index (χ0v) is 12.9. The van der Waals surface area contributed by atoms with Crippen LogP contribution in [-0.2, 0) is 27.1 Å². The molecule has 4 heterocycles. The van der Waals surface area contributed by atoms with E-state index in [2.05, 4.69) is 15.3 Å². The Labute approximate surface area is 132 Å². The van der Waals surface area contributed by atoms with Gasteiger partial charge in [0.2, 0.25) is 0 Å². The second-order valence-corrected chi connectivity index (χ2v) is 5.65. The second kappa shape index (κ2) is 5.08. The van der Waals surface area contributed by atoms with E-state index in [0.717, 1.165) is 23.4 Å². The van der Waals surface area contributed by atoms with Crippen molar-refractivity contribution in [3.8, 4) is 11.5 Å². The SMILES string of the molecule is Cn1cnnc1-c1nn(C)c2c1CN(C(=O)c1ccoc1)CC2. The molecule has 8 nitrogen and oxygen atoms in total. The first-order valence-electron chi connectivity index (χ1n) is 7.35. The van der Waals surface area contributed by atoms with Crippen LogP contribution in [0.3, 0.4) is 0 Å². The van der Waals surface area contributed by atoms with E-state index in [-0.39, 0.29) is 5.91 Å². The summed E-state index contributed by atoms with van der Waals surface area (Å²) in [5.41, 5.74) is 3.52. The molecule has 0 spiro atoms. The maximum atomic E-state index is 12.5. The first-order chi connectivity index (χ1) is 11.1. The summed E-state index contributed by atoms with van der Waals surface area (Å²) in [4.78, 5) is 14.4. The van der Waals surface area contributed by atoms with Crippen LogP contribution < -0.4 is 0 Å². The topological polar surface area (TPSA) is 82.0 Å². The van der Waals surface area contributed by atoms with Crippen molar-refractivity contribution in [3.63, 3.8) is 0 Å². The van der Waals surface area contributed by atoms with Crippen LogP contribution in [0, 0.1) is 0 Å². The minimum Gasteiger partial charge on any atom is -0.472 e. The van der Waals surface area contributed by atoms with Gasteiger partial charge >= 0.3 is 0 Å². The zero-order chi connectivity index (χ0) is 16.0. The number of carbonyl (C=O) groups is 1. The van der Waals surface area contributed by atoms with E-state index in [9.17, 15) is 4.79 Å². The second-order valence-electron chi connectivity index (χ2n) is 5.65. The number of furan rings is 1. The number of nitrogens with zero attached hydrogens (tertiary/aromatic N) is 6. The summed E-state index contributed by atoms with van der Waals surface area (Å²) in [6.07, 6.45) is 5.40. The fourth-order valence-corrected chi connectivity index (χ4v) is 3.01. The molecule has 3 aromatic heterocycles. The van der Waals surface area contributed by atoms with Gasteiger partial charge in [-0.05, 0) is 6.07 Å². The fraction of sp³-hybridized carbons (Fsp3) is 0.333. The fourth-order valence-electron chi connectivity index (χ4n) is 3.01. The highest BCUT2D eigenvalue weighted by Gasteiger charge is 2.29. The molecule has 0 atom stereocenters. The molecule has 0 unspecified atom stereocenters. The highest BCUT2D eigenvalue weighted by atomic mass is 16.3. The number of hydrogen-bond donors (Lipinski definition) is 0. The molecule has 0 saturated carbocycles. The van der Waals surface area contributed by atoms with E-state index in [1.807, 2.05) is 28.2 Å². The number of carbonyl (C=O) groups excluding carboxylic acids is 1. The van der Waals surface area contributed by atoms with Gasteiger partial charge < -0.3 is 13.9 Å². The van der Waals surface area contributed by atoms with Crippen molar-refractivity contribution in [2.24, 2.45) is 14.1 Å². The van der Waals surface area contributed by atoms with Crippen LogP contribution >= 0.6 is 0 Å². The van der Waals surface area contributed by atoms with Crippen molar-refractivity contribution in [3.05, 3.63) is 41.7 Å². The van der Waals surface area contributed by atoms with Gasteiger partial charge in [-0.1, -0.05) is 0 Å². The summed E-state index contributed by atoms with van der Waals surface area (Å²) in [5.74, 6) is 0.677. The minimum atomic E-state index is -0.0304. The van der Waals surface area contributed by atoms with Crippen molar-refractivity contribution < 1.29 is 9.21 Å². The lowest BCUT2D eigenvalue weighted by atomic mass is 10.0. The van der Waals surface area contributed by atoms with Crippen LogP contribution in [0.2, 0.25) is 0 Å². The summed E-state index contributed by atoms with van der Waals surface area (Å²) in [7, 11) is 3.81. The van der Waals surface area contributed by atoms with E-state index in [0.29, 0.717) is 24.5 Å². The van der Waals surface area contributed by atoms with Crippen molar-refractivity contribution in [2.75, 3.05) is 6.54 Å². The van der Waals surface area contributed by atoms with E-state index < -0.39 is 0 Å². The zero-order valence-electron chi connectivity index (χ0n) is 12.9. The van der Waals surface area contributed by atoms with Crippen molar-refractivity contribution in [1.29, 1.82) is 0 Å². The minimum absolute atomic E-state index is 0.0304. The Morgan fingerprint density at radius 2 is 2.22 bits per heavy atom. The molecule has 8 heteroatoms. The molecule has 0 aromatic carbocycles. The van der Waals surface area contributed by atoms with Gasteiger partial charge in [0.15, 0.2) is 5.82 Å². The highest BCUT2D eigenvalue weighted by Crippen LogP contribution is 2.28. The van der Waals surface area contributed by atoms with Gasteiger partial charge in [0.05, 0.1) is 18.4 Å². The lowest BCUT2D eigenvalue weighted by Gasteiger charge is -2.27. The molecular weight excluding hydrogens is 296 g/mol. The molecule has 118 valence electrons. The molecule has 0 radical (unpaired) electrons. The summed E-state index contributed by atoms with van der Waals surface area (Å²) in [6.45, 7) is 1.17. The third kappa shape index (κ3) is 2.14. The molecule has 0 saturated heterocycles. The van der Waals surface area contributed by atoms with Crippen molar-refractivity contribution in [1.82, 2.24) is 29.4 Å². The van der Waals surface area contributed by atoms with Gasteiger partial charge in [0.1, 0.15) is 18.3 Å². The van der Waals surface area contributed by atoms with Crippen LogP contribution in [0.5, 0.6) is 0 Å². The van der Waals surface area contributed by atoms with Crippen LogP contribution in [0.4, 0.5) is 0 Å². The monoisotopic (exact) mass is 312 g/mol. The molecule has 0 N–H and O–H groups in total. The summed E-state index contributed by atoms with van der Waals surface area (Å²) in [6, 6.07) is 1.69. The van der Waals surface area contributed by atoms with E-state index in [1.165, 1.54) is 12.5 Å². The normalized spacial score (nSPS) is 14.1. The van der Waals surface area contributed by atoms with Crippen molar-refractivity contribution in [2.45, 2.75) is 13.0 Å². The molecule has 1 aliphatic heterocycles. The lowest BCUT2D eigenvalue weighted by Crippen LogP contribution is -2.36. The first kappa shape index (κ1) is 13.7. The molecule has 23 heavy (non-hydrogen) atoms. The maximum absolute atomic E-state index is 12.5. The third-order valence-electron chi connectivity index (χ3n) is 4.22. The van der Waals surface area contributed by atoms with Gasteiger partial charge in [-0.3, -0.25) is 9.48 Å². The molecule has 3 aromatic rings. The average molecular weight is 312 g/mol. The number of hydrogen-bond acceptors (Lipinski definition) is 5. The van der Waals surface area contributed by atoms with Gasteiger partial charge in [0.25, 0.3) is 5.91 Å². The number of fused-ring (bicyclic) bond motifs is 1. The third-order valence-corrected chi connectivity index (χ3v) is 4.22. The van der Waals surface area contributed by atoms with E-state index in [4.69, 9.17) is 4.42 Å². The largest absolute Gasteiger partial charge is 0.472 e. The number of aryl methyl sites for hydroxylation is 2. The number of amides is 1. The van der Waals surface area contributed by atoms with Crippen LogP contribution in [0.25, 0.3) is 11.5 Å².